The van der Waals surface area contributed by atoms with E-state index in [4.69, 9.17) is 9.72 Å². The van der Waals surface area contributed by atoms with Gasteiger partial charge in [-0.05, 0) is 37.1 Å². The fourth-order valence-electron chi connectivity index (χ4n) is 4.34. The van der Waals surface area contributed by atoms with E-state index in [-0.39, 0.29) is 5.97 Å². The lowest BCUT2D eigenvalue weighted by Gasteiger charge is -2.34. The van der Waals surface area contributed by atoms with Gasteiger partial charge in [-0.25, -0.2) is 9.78 Å². The molecule has 1 aromatic heterocycles. The summed E-state index contributed by atoms with van der Waals surface area (Å²) in [5.41, 5.74) is 5.99. The number of fused-ring (bicyclic) bond motifs is 1. The van der Waals surface area contributed by atoms with Crippen molar-refractivity contribution in [3.63, 3.8) is 0 Å². The van der Waals surface area contributed by atoms with Gasteiger partial charge in [-0.2, -0.15) is 0 Å². The summed E-state index contributed by atoms with van der Waals surface area (Å²) in [5.74, 6) is -0.298. The first-order valence-electron chi connectivity index (χ1n) is 10.2. The van der Waals surface area contributed by atoms with Gasteiger partial charge in [-0.3, -0.25) is 0 Å². The van der Waals surface area contributed by atoms with E-state index in [1.54, 1.807) is 0 Å². The Morgan fingerprint density at radius 3 is 2.48 bits per heavy atom. The zero-order valence-electron chi connectivity index (χ0n) is 17.4. The van der Waals surface area contributed by atoms with Gasteiger partial charge in [-0.1, -0.05) is 36.4 Å². The number of piperazine rings is 1. The minimum absolute atomic E-state index is 0.298. The van der Waals surface area contributed by atoms with Crippen molar-refractivity contribution in [3.05, 3.63) is 70.9 Å². The number of nitrogens with zero attached hydrogens (tertiary/aromatic N) is 2. The second-order valence-corrected chi connectivity index (χ2v) is 7.77. The molecule has 5 heteroatoms. The van der Waals surface area contributed by atoms with E-state index in [0.29, 0.717) is 5.56 Å². The Labute approximate surface area is 171 Å². The van der Waals surface area contributed by atoms with Gasteiger partial charge >= 0.3 is 5.97 Å². The van der Waals surface area contributed by atoms with Gasteiger partial charge in [0, 0.05) is 11.1 Å². The van der Waals surface area contributed by atoms with E-state index in [0.717, 1.165) is 54.9 Å². The molecule has 0 radical (unpaired) electrons. The quantitative estimate of drug-likeness (QED) is 0.696. The third-order valence-electron chi connectivity index (χ3n) is 5.96. The van der Waals surface area contributed by atoms with Crippen molar-refractivity contribution >= 4 is 22.6 Å². The smallest absolute Gasteiger partial charge is 0.340 e. The zero-order chi connectivity index (χ0) is 20.4. The highest BCUT2D eigenvalue weighted by Gasteiger charge is 2.26. The third-order valence-corrected chi connectivity index (χ3v) is 5.96. The van der Waals surface area contributed by atoms with E-state index in [9.17, 15) is 4.79 Å². The number of anilines is 1. The molecule has 0 unspecified atom stereocenters. The Hall–Kier alpha value is -2.92. The minimum Gasteiger partial charge on any atom is -0.465 e. The van der Waals surface area contributed by atoms with Gasteiger partial charge < -0.3 is 14.5 Å². The maximum absolute atomic E-state index is 12.5. The number of quaternary nitrogens is 1. The number of para-hydroxylation sites is 2. The second kappa shape index (κ2) is 8.21. The van der Waals surface area contributed by atoms with Crippen LogP contribution in [0, 0.1) is 13.8 Å². The molecule has 2 heterocycles. The van der Waals surface area contributed by atoms with Crippen molar-refractivity contribution < 1.29 is 14.4 Å². The predicted molar refractivity (Wildman–Crippen MR) is 116 cm³/mol. The largest absolute Gasteiger partial charge is 0.465 e. The van der Waals surface area contributed by atoms with Crippen LogP contribution in [-0.4, -0.2) is 44.2 Å². The number of aromatic nitrogens is 1. The van der Waals surface area contributed by atoms with Crippen LogP contribution in [0.5, 0.6) is 0 Å². The Morgan fingerprint density at radius 2 is 1.76 bits per heavy atom. The Kier molecular flexibility index (Phi) is 5.49. The maximum atomic E-state index is 12.5. The third kappa shape index (κ3) is 3.83. The van der Waals surface area contributed by atoms with Crippen LogP contribution >= 0.6 is 0 Å². The molecule has 4 rings (SSSR count). The van der Waals surface area contributed by atoms with Crippen LogP contribution in [0.15, 0.2) is 48.5 Å². The van der Waals surface area contributed by atoms with Gasteiger partial charge in [0.2, 0.25) is 0 Å². The molecule has 150 valence electrons. The molecule has 2 aromatic carbocycles. The Balaban J connectivity index is 1.57. The number of benzene rings is 2. The molecule has 0 spiro atoms. The lowest BCUT2D eigenvalue weighted by atomic mass is 10.0. The van der Waals surface area contributed by atoms with E-state index in [1.807, 2.05) is 31.2 Å². The average molecular weight is 391 g/mol. The maximum Gasteiger partial charge on any atom is 0.340 e. The number of methoxy groups -OCH3 is 1. The van der Waals surface area contributed by atoms with Crippen LogP contribution in [0.1, 0.15) is 27.2 Å². The van der Waals surface area contributed by atoms with E-state index in [1.165, 1.54) is 23.3 Å². The molecule has 1 aliphatic heterocycles. The molecule has 3 aromatic rings. The standard InChI is InChI=1S/C24H27N3O2/c1-17-8-4-7-11-22(17)27-14-12-26(13-15-27)16-21-23(24(28)29-3)18(2)19-9-5-6-10-20(19)25-21/h4-11H,12-16H2,1-3H3/p+1. The first-order chi connectivity index (χ1) is 14.1. The molecule has 1 saturated heterocycles. The van der Waals surface area contributed by atoms with Gasteiger partial charge in [0.05, 0.1) is 44.4 Å². The van der Waals surface area contributed by atoms with Crippen LogP contribution in [0.2, 0.25) is 0 Å². The first-order valence-corrected chi connectivity index (χ1v) is 10.2. The van der Waals surface area contributed by atoms with Gasteiger partial charge in [-0.15, -0.1) is 0 Å². The number of hydrogen-bond acceptors (Lipinski definition) is 4. The predicted octanol–water partition coefficient (Wildman–Crippen LogP) is 2.54. The molecular formula is C24H28N3O2+. The molecule has 1 N–H and O–H groups in total. The molecule has 0 saturated carbocycles. The number of nitrogens with one attached hydrogen (secondary N) is 1. The van der Waals surface area contributed by atoms with Crippen LogP contribution < -0.4 is 9.80 Å². The Bertz CT molecular complexity index is 1040. The van der Waals surface area contributed by atoms with E-state index >= 15 is 0 Å². The van der Waals surface area contributed by atoms with E-state index in [2.05, 4.69) is 36.1 Å². The molecular weight excluding hydrogens is 362 g/mol. The number of rotatable bonds is 4. The van der Waals surface area contributed by atoms with Crippen molar-refractivity contribution in [1.29, 1.82) is 0 Å². The van der Waals surface area contributed by atoms with Crippen LogP contribution in [0.3, 0.4) is 0 Å². The lowest BCUT2D eigenvalue weighted by Crippen LogP contribution is -3.13. The number of hydrogen-bond donors (Lipinski definition) is 1. The van der Waals surface area contributed by atoms with Gasteiger partial charge in [0.25, 0.3) is 0 Å². The summed E-state index contributed by atoms with van der Waals surface area (Å²) in [5, 5.41) is 1.01. The molecule has 0 aliphatic carbocycles. The molecule has 1 fully saturated rings. The van der Waals surface area contributed by atoms with Crippen molar-refractivity contribution in [2.75, 3.05) is 38.2 Å². The summed E-state index contributed by atoms with van der Waals surface area (Å²) in [6.45, 7) is 8.92. The molecule has 0 amide bonds. The fraction of sp³-hybridized carbons (Fsp3) is 0.333. The van der Waals surface area contributed by atoms with Crippen molar-refractivity contribution in [1.82, 2.24) is 4.98 Å². The van der Waals surface area contributed by atoms with Gasteiger partial charge in [0.15, 0.2) is 0 Å². The normalized spacial score (nSPS) is 14.9. The number of aryl methyl sites for hydroxylation is 2. The first kappa shape index (κ1) is 19.4. The second-order valence-electron chi connectivity index (χ2n) is 7.77. The minimum atomic E-state index is -0.298. The SMILES string of the molecule is COC(=O)c1c(C[NH+]2CCN(c3ccccc3C)CC2)nc2ccccc2c1C. The highest BCUT2D eigenvalue weighted by Crippen LogP contribution is 2.23. The Morgan fingerprint density at radius 1 is 1.07 bits per heavy atom. The van der Waals surface area contributed by atoms with Crippen LogP contribution in [0.25, 0.3) is 10.9 Å². The summed E-state index contributed by atoms with van der Waals surface area (Å²) >= 11 is 0. The molecule has 5 nitrogen and oxygen atoms in total. The monoisotopic (exact) mass is 390 g/mol. The fourth-order valence-corrected chi connectivity index (χ4v) is 4.34. The van der Waals surface area contributed by atoms with Gasteiger partial charge in [0.1, 0.15) is 12.2 Å². The van der Waals surface area contributed by atoms with Crippen LogP contribution in [0.4, 0.5) is 5.69 Å². The lowest BCUT2D eigenvalue weighted by molar-refractivity contribution is -0.914. The summed E-state index contributed by atoms with van der Waals surface area (Å²) in [4.78, 5) is 21.3. The summed E-state index contributed by atoms with van der Waals surface area (Å²) in [6.07, 6.45) is 0. The van der Waals surface area contributed by atoms with Crippen molar-refractivity contribution in [2.24, 2.45) is 0 Å². The van der Waals surface area contributed by atoms with Crippen LogP contribution in [-0.2, 0) is 11.3 Å². The number of esters is 1. The van der Waals surface area contributed by atoms with Crippen molar-refractivity contribution in [2.45, 2.75) is 20.4 Å². The summed E-state index contributed by atoms with van der Waals surface area (Å²) in [6, 6.07) is 16.6. The number of carbonyl (C=O) groups excluding carboxylic acids is 1. The zero-order valence-corrected chi connectivity index (χ0v) is 17.4. The molecule has 0 atom stereocenters. The molecule has 1 aliphatic rings. The summed E-state index contributed by atoms with van der Waals surface area (Å²) in [7, 11) is 1.44. The molecule has 0 bridgehead atoms. The van der Waals surface area contributed by atoms with Crippen molar-refractivity contribution in [3.8, 4) is 0 Å². The topological polar surface area (TPSA) is 46.9 Å². The molecule has 29 heavy (non-hydrogen) atoms. The average Bonchev–Trinajstić information content (AvgIpc) is 2.74. The summed E-state index contributed by atoms with van der Waals surface area (Å²) < 4.78 is 5.09. The number of carbonyl (C=O) groups is 1. The highest BCUT2D eigenvalue weighted by atomic mass is 16.5. The number of pyridine rings is 1. The number of ether oxygens (including phenoxy) is 1. The van der Waals surface area contributed by atoms with E-state index < -0.39 is 0 Å². The highest BCUT2D eigenvalue weighted by molar-refractivity contribution is 5.98.